The molecule has 2 rings (SSSR count). The van der Waals surface area contributed by atoms with Gasteiger partial charge in [-0.3, -0.25) is 4.79 Å². The molecule has 1 aromatic carbocycles. The van der Waals surface area contributed by atoms with Crippen LogP contribution in [-0.4, -0.2) is 61.7 Å². The number of hydrogen-bond donors (Lipinski definition) is 1. The number of rotatable bonds is 6. The zero-order chi connectivity index (χ0) is 19.6. The number of carbonyl (C=O) groups is 2. The molecule has 2 amide bonds. The van der Waals surface area contributed by atoms with E-state index in [2.05, 4.69) is 5.32 Å². The van der Waals surface area contributed by atoms with Gasteiger partial charge < -0.3 is 24.6 Å². The SMILES string of the molecule is CCOC(=O)N1CCN(/C=C(\C#N)C(=O)NCc2ccc(OC)cc2)CC1. The Balaban J connectivity index is 1.87. The molecule has 1 aromatic rings. The first kappa shape index (κ1) is 20.1. The molecule has 1 N–H and O–H groups in total. The lowest BCUT2D eigenvalue weighted by Crippen LogP contribution is -2.47. The van der Waals surface area contributed by atoms with Crippen molar-refractivity contribution in [2.24, 2.45) is 0 Å². The number of nitrogens with one attached hydrogen (secondary N) is 1. The molecule has 144 valence electrons. The number of nitriles is 1. The van der Waals surface area contributed by atoms with Crippen LogP contribution in [0.5, 0.6) is 5.75 Å². The van der Waals surface area contributed by atoms with Crippen molar-refractivity contribution in [3.05, 3.63) is 41.6 Å². The maximum absolute atomic E-state index is 12.3. The van der Waals surface area contributed by atoms with Gasteiger partial charge in [-0.15, -0.1) is 0 Å². The molecule has 1 heterocycles. The third-order valence-corrected chi connectivity index (χ3v) is 4.13. The molecule has 0 saturated carbocycles. The van der Waals surface area contributed by atoms with Crippen molar-refractivity contribution >= 4 is 12.0 Å². The lowest BCUT2D eigenvalue weighted by atomic mass is 10.2. The van der Waals surface area contributed by atoms with E-state index >= 15 is 0 Å². The lowest BCUT2D eigenvalue weighted by molar-refractivity contribution is -0.117. The van der Waals surface area contributed by atoms with E-state index in [1.54, 1.807) is 25.1 Å². The first-order valence-corrected chi connectivity index (χ1v) is 8.76. The second-order valence-electron chi connectivity index (χ2n) is 5.91. The topological polar surface area (TPSA) is 94.9 Å². The van der Waals surface area contributed by atoms with Gasteiger partial charge in [0, 0.05) is 38.9 Å². The summed E-state index contributed by atoms with van der Waals surface area (Å²) in [6.07, 6.45) is 1.21. The van der Waals surface area contributed by atoms with Crippen LogP contribution in [0.15, 0.2) is 36.0 Å². The molecule has 0 unspecified atom stereocenters. The summed E-state index contributed by atoms with van der Waals surface area (Å²) in [5.74, 6) is 0.311. The quantitative estimate of drug-likeness (QED) is 0.601. The second-order valence-corrected chi connectivity index (χ2v) is 5.91. The lowest BCUT2D eigenvalue weighted by Gasteiger charge is -2.33. The first-order chi connectivity index (χ1) is 13.1. The van der Waals surface area contributed by atoms with E-state index in [4.69, 9.17) is 9.47 Å². The fourth-order valence-electron chi connectivity index (χ4n) is 2.59. The first-order valence-electron chi connectivity index (χ1n) is 8.76. The van der Waals surface area contributed by atoms with Gasteiger partial charge in [0.1, 0.15) is 17.4 Å². The van der Waals surface area contributed by atoms with Crippen LogP contribution in [0.25, 0.3) is 0 Å². The number of benzene rings is 1. The van der Waals surface area contributed by atoms with Gasteiger partial charge in [-0.05, 0) is 24.6 Å². The largest absolute Gasteiger partial charge is 0.497 e. The Morgan fingerprint density at radius 2 is 1.89 bits per heavy atom. The molecule has 8 heteroatoms. The number of piperazine rings is 1. The summed E-state index contributed by atoms with van der Waals surface area (Å²) in [7, 11) is 1.59. The van der Waals surface area contributed by atoms with Crippen LogP contribution in [0.1, 0.15) is 12.5 Å². The average molecular weight is 372 g/mol. The predicted octanol–water partition coefficient (Wildman–Crippen LogP) is 1.49. The van der Waals surface area contributed by atoms with E-state index < -0.39 is 5.91 Å². The van der Waals surface area contributed by atoms with E-state index in [0.717, 1.165) is 11.3 Å². The fourth-order valence-corrected chi connectivity index (χ4v) is 2.59. The van der Waals surface area contributed by atoms with E-state index in [1.165, 1.54) is 0 Å². The van der Waals surface area contributed by atoms with E-state index in [0.29, 0.717) is 39.3 Å². The predicted molar refractivity (Wildman–Crippen MR) is 98.7 cm³/mol. The highest BCUT2D eigenvalue weighted by molar-refractivity contribution is 5.97. The Morgan fingerprint density at radius 3 is 2.44 bits per heavy atom. The molecule has 0 radical (unpaired) electrons. The van der Waals surface area contributed by atoms with Crippen LogP contribution in [0, 0.1) is 11.3 Å². The van der Waals surface area contributed by atoms with Gasteiger partial charge in [0.05, 0.1) is 13.7 Å². The monoisotopic (exact) mass is 372 g/mol. The summed E-state index contributed by atoms with van der Waals surface area (Å²) >= 11 is 0. The van der Waals surface area contributed by atoms with Crippen LogP contribution >= 0.6 is 0 Å². The van der Waals surface area contributed by atoms with Crippen LogP contribution in [-0.2, 0) is 16.1 Å². The van der Waals surface area contributed by atoms with Gasteiger partial charge in [-0.2, -0.15) is 5.26 Å². The molecule has 1 fully saturated rings. The highest BCUT2D eigenvalue weighted by atomic mass is 16.6. The number of nitrogens with zero attached hydrogens (tertiary/aromatic N) is 3. The Labute approximate surface area is 158 Å². The van der Waals surface area contributed by atoms with Crippen molar-refractivity contribution in [3.8, 4) is 11.8 Å². The highest BCUT2D eigenvalue weighted by Gasteiger charge is 2.21. The number of methoxy groups -OCH3 is 1. The molecular formula is C19H24N4O4. The number of carbonyl (C=O) groups excluding carboxylic acids is 2. The van der Waals surface area contributed by atoms with E-state index in [-0.39, 0.29) is 11.7 Å². The number of amides is 2. The molecular weight excluding hydrogens is 348 g/mol. The Kier molecular flexibility index (Phi) is 7.49. The smallest absolute Gasteiger partial charge is 0.409 e. The molecule has 1 aliphatic heterocycles. The Bertz CT molecular complexity index is 716. The van der Waals surface area contributed by atoms with Gasteiger partial charge in [0.2, 0.25) is 0 Å². The third kappa shape index (κ3) is 5.92. The summed E-state index contributed by atoms with van der Waals surface area (Å²) in [5, 5.41) is 12.0. The molecule has 1 aliphatic rings. The standard InChI is InChI=1S/C19H24N4O4/c1-3-27-19(25)23-10-8-22(9-11-23)14-16(12-20)18(24)21-13-15-4-6-17(26-2)7-5-15/h4-7,14H,3,8-11,13H2,1-2H3,(H,21,24)/b16-14+. The van der Waals surface area contributed by atoms with Gasteiger partial charge in [0.25, 0.3) is 5.91 Å². The summed E-state index contributed by atoms with van der Waals surface area (Å²) in [6, 6.07) is 9.26. The molecule has 0 atom stereocenters. The fraction of sp³-hybridized carbons (Fsp3) is 0.421. The van der Waals surface area contributed by atoms with Crippen molar-refractivity contribution < 1.29 is 19.1 Å². The van der Waals surface area contributed by atoms with Gasteiger partial charge in [-0.25, -0.2) is 4.79 Å². The minimum absolute atomic E-state index is 0.0353. The van der Waals surface area contributed by atoms with Gasteiger partial charge in [0.15, 0.2) is 0 Å². The maximum Gasteiger partial charge on any atom is 0.409 e. The molecule has 0 spiro atoms. The van der Waals surface area contributed by atoms with Gasteiger partial charge in [-0.1, -0.05) is 12.1 Å². The molecule has 8 nitrogen and oxygen atoms in total. The summed E-state index contributed by atoms with van der Waals surface area (Å²) < 4.78 is 10.1. The van der Waals surface area contributed by atoms with Crippen molar-refractivity contribution in [3.63, 3.8) is 0 Å². The zero-order valence-corrected chi connectivity index (χ0v) is 15.6. The van der Waals surface area contributed by atoms with E-state index in [1.807, 2.05) is 35.2 Å². The van der Waals surface area contributed by atoms with Crippen molar-refractivity contribution in [2.75, 3.05) is 39.9 Å². The van der Waals surface area contributed by atoms with Gasteiger partial charge >= 0.3 is 6.09 Å². The van der Waals surface area contributed by atoms with Crippen LogP contribution < -0.4 is 10.1 Å². The molecule has 0 aromatic heterocycles. The third-order valence-electron chi connectivity index (χ3n) is 4.13. The number of hydrogen-bond acceptors (Lipinski definition) is 6. The van der Waals surface area contributed by atoms with Crippen molar-refractivity contribution in [1.82, 2.24) is 15.1 Å². The Hall–Kier alpha value is -3.21. The second kappa shape index (κ2) is 10.1. The normalized spacial score (nSPS) is 14.3. The molecule has 27 heavy (non-hydrogen) atoms. The maximum atomic E-state index is 12.3. The average Bonchev–Trinajstić information content (AvgIpc) is 2.71. The minimum Gasteiger partial charge on any atom is -0.497 e. The molecule has 1 saturated heterocycles. The number of ether oxygens (including phenoxy) is 2. The summed E-state index contributed by atoms with van der Waals surface area (Å²) in [4.78, 5) is 27.4. The molecule has 0 bridgehead atoms. The van der Waals surface area contributed by atoms with Crippen molar-refractivity contribution in [1.29, 1.82) is 5.26 Å². The summed E-state index contributed by atoms with van der Waals surface area (Å²) in [5.41, 5.74) is 0.942. The highest BCUT2D eigenvalue weighted by Crippen LogP contribution is 2.11. The minimum atomic E-state index is -0.429. The molecule has 0 aliphatic carbocycles. The van der Waals surface area contributed by atoms with Crippen LogP contribution in [0.3, 0.4) is 0 Å². The Morgan fingerprint density at radius 1 is 1.22 bits per heavy atom. The zero-order valence-electron chi connectivity index (χ0n) is 15.6. The summed E-state index contributed by atoms with van der Waals surface area (Å²) in [6.45, 7) is 4.47. The van der Waals surface area contributed by atoms with Crippen molar-refractivity contribution in [2.45, 2.75) is 13.5 Å². The van der Waals surface area contributed by atoms with Crippen LogP contribution in [0.2, 0.25) is 0 Å². The van der Waals surface area contributed by atoms with E-state index in [9.17, 15) is 14.9 Å². The van der Waals surface area contributed by atoms with Crippen LogP contribution in [0.4, 0.5) is 4.79 Å².